The van der Waals surface area contributed by atoms with Gasteiger partial charge in [0.2, 0.25) is 0 Å². The van der Waals surface area contributed by atoms with Gasteiger partial charge in [0.25, 0.3) is 0 Å². The lowest BCUT2D eigenvalue weighted by molar-refractivity contribution is -0.146. The van der Waals surface area contributed by atoms with E-state index in [9.17, 15) is 4.79 Å². The summed E-state index contributed by atoms with van der Waals surface area (Å²) < 4.78 is 15.8. The van der Waals surface area contributed by atoms with Crippen molar-refractivity contribution in [1.82, 2.24) is 4.90 Å². The zero-order valence-electron chi connectivity index (χ0n) is 12.2. The fraction of sp³-hybridized carbons (Fsp3) is 0.533. The second kappa shape index (κ2) is 9.60. The molecule has 0 unspecified atom stereocenters. The van der Waals surface area contributed by atoms with Gasteiger partial charge in [-0.25, -0.2) is 4.79 Å². The van der Waals surface area contributed by atoms with Gasteiger partial charge in [-0.1, -0.05) is 18.2 Å². The van der Waals surface area contributed by atoms with Gasteiger partial charge < -0.3 is 14.2 Å². The van der Waals surface area contributed by atoms with Crippen molar-refractivity contribution in [3.63, 3.8) is 0 Å². The summed E-state index contributed by atoms with van der Waals surface area (Å²) in [5.41, 5.74) is 1.01. The van der Waals surface area contributed by atoms with Crippen LogP contribution >= 0.6 is 12.4 Å². The Kier molecular flexibility index (Phi) is 8.12. The lowest BCUT2D eigenvalue weighted by atomic mass is 10.2. The molecule has 0 radical (unpaired) electrons. The summed E-state index contributed by atoms with van der Waals surface area (Å²) in [6.07, 6.45) is 0. The summed E-state index contributed by atoms with van der Waals surface area (Å²) in [6, 6.07) is 7.60. The molecule has 0 N–H and O–H groups in total. The van der Waals surface area contributed by atoms with Gasteiger partial charge in [-0.2, -0.15) is 0 Å². The standard InChI is InChI=1S/C15H21NO4.ClH/c1-13-4-2-3-5-14(13)20-12-15(17)19-11-8-16-6-9-18-10-7-16;/h2-5H,6-12H2,1H3;1H. The number of hydrogen-bond acceptors (Lipinski definition) is 5. The molecule has 6 heteroatoms. The maximum atomic E-state index is 11.6. The van der Waals surface area contributed by atoms with E-state index in [1.165, 1.54) is 0 Å². The van der Waals surface area contributed by atoms with E-state index in [0.717, 1.165) is 44.2 Å². The molecule has 1 aliphatic rings. The number of aryl methyl sites for hydroxylation is 1. The Bertz CT molecular complexity index is 435. The van der Waals surface area contributed by atoms with Gasteiger partial charge in [0, 0.05) is 19.6 Å². The molecule has 0 aromatic heterocycles. The number of carbonyl (C=O) groups is 1. The summed E-state index contributed by atoms with van der Waals surface area (Å²) in [5.74, 6) is 0.388. The van der Waals surface area contributed by atoms with Crippen LogP contribution in [0.15, 0.2) is 24.3 Å². The van der Waals surface area contributed by atoms with Crippen LogP contribution in [0.4, 0.5) is 0 Å². The molecule has 1 aliphatic heterocycles. The van der Waals surface area contributed by atoms with E-state index >= 15 is 0 Å². The number of nitrogens with zero attached hydrogens (tertiary/aromatic N) is 1. The Morgan fingerprint density at radius 3 is 2.71 bits per heavy atom. The highest BCUT2D eigenvalue weighted by Crippen LogP contribution is 2.15. The van der Waals surface area contributed by atoms with E-state index in [1.807, 2.05) is 31.2 Å². The largest absolute Gasteiger partial charge is 0.482 e. The van der Waals surface area contributed by atoms with Crippen molar-refractivity contribution >= 4 is 18.4 Å². The zero-order chi connectivity index (χ0) is 14.2. The number of benzene rings is 1. The third kappa shape index (κ3) is 6.33. The molecule has 118 valence electrons. The van der Waals surface area contributed by atoms with E-state index in [0.29, 0.717) is 6.61 Å². The number of carbonyl (C=O) groups excluding carboxylic acids is 1. The van der Waals surface area contributed by atoms with E-state index in [1.54, 1.807) is 0 Å². The third-order valence-electron chi connectivity index (χ3n) is 3.21. The van der Waals surface area contributed by atoms with Gasteiger partial charge in [-0.3, -0.25) is 4.90 Å². The van der Waals surface area contributed by atoms with Crippen molar-refractivity contribution in [3.8, 4) is 5.75 Å². The van der Waals surface area contributed by atoms with E-state index in [-0.39, 0.29) is 25.0 Å². The molecule has 1 fully saturated rings. The molecule has 5 nitrogen and oxygen atoms in total. The summed E-state index contributed by atoms with van der Waals surface area (Å²) in [5, 5.41) is 0. The molecule has 2 rings (SSSR count). The average Bonchev–Trinajstić information content (AvgIpc) is 2.47. The van der Waals surface area contributed by atoms with Crippen LogP contribution < -0.4 is 4.74 Å². The number of esters is 1. The van der Waals surface area contributed by atoms with Gasteiger partial charge in [0.1, 0.15) is 12.4 Å². The summed E-state index contributed by atoms with van der Waals surface area (Å²) >= 11 is 0. The minimum atomic E-state index is -0.332. The summed E-state index contributed by atoms with van der Waals surface area (Å²) in [4.78, 5) is 13.8. The predicted molar refractivity (Wildman–Crippen MR) is 82.1 cm³/mol. The molecule has 1 aromatic carbocycles. The highest BCUT2D eigenvalue weighted by atomic mass is 35.5. The van der Waals surface area contributed by atoms with Gasteiger partial charge in [0.15, 0.2) is 6.61 Å². The first-order valence-corrected chi connectivity index (χ1v) is 6.90. The molecule has 21 heavy (non-hydrogen) atoms. The van der Waals surface area contributed by atoms with E-state index in [2.05, 4.69) is 4.90 Å². The van der Waals surface area contributed by atoms with Crippen molar-refractivity contribution in [1.29, 1.82) is 0 Å². The Balaban J connectivity index is 0.00000220. The second-order valence-corrected chi connectivity index (χ2v) is 4.73. The number of para-hydroxylation sites is 1. The smallest absolute Gasteiger partial charge is 0.344 e. The molecule has 0 spiro atoms. The third-order valence-corrected chi connectivity index (χ3v) is 3.21. The molecular formula is C15H22ClNO4. The van der Waals surface area contributed by atoms with Gasteiger partial charge in [-0.15, -0.1) is 12.4 Å². The van der Waals surface area contributed by atoms with Crippen LogP contribution in [0.2, 0.25) is 0 Å². The maximum absolute atomic E-state index is 11.6. The van der Waals surface area contributed by atoms with E-state index in [4.69, 9.17) is 14.2 Å². The molecule has 1 saturated heterocycles. The quantitative estimate of drug-likeness (QED) is 0.747. The Hall–Kier alpha value is -1.30. The minimum absolute atomic E-state index is 0. The molecule has 0 atom stereocenters. The molecule has 0 amide bonds. The van der Waals surface area contributed by atoms with Crippen molar-refractivity contribution in [2.24, 2.45) is 0 Å². The Morgan fingerprint density at radius 1 is 1.29 bits per heavy atom. The summed E-state index contributed by atoms with van der Waals surface area (Å²) in [7, 11) is 0. The Morgan fingerprint density at radius 2 is 2.00 bits per heavy atom. The fourth-order valence-corrected chi connectivity index (χ4v) is 2.01. The van der Waals surface area contributed by atoms with Crippen molar-refractivity contribution in [2.75, 3.05) is 46.1 Å². The molecule has 0 bridgehead atoms. The number of ether oxygens (including phenoxy) is 3. The van der Waals surface area contributed by atoms with Crippen LogP contribution in [0, 0.1) is 6.92 Å². The number of morpholine rings is 1. The minimum Gasteiger partial charge on any atom is -0.482 e. The first-order valence-electron chi connectivity index (χ1n) is 6.90. The lowest BCUT2D eigenvalue weighted by Crippen LogP contribution is -2.38. The van der Waals surface area contributed by atoms with Crippen molar-refractivity contribution in [2.45, 2.75) is 6.92 Å². The number of halogens is 1. The zero-order valence-corrected chi connectivity index (χ0v) is 13.1. The van der Waals surface area contributed by atoms with Gasteiger partial charge in [-0.05, 0) is 18.6 Å². The summed E-state index contributed by atoms with van der Waals surface area (Å²) in [6.45, 7) is 6.35. The molecule has 0 aliphatic carbocycles. The van der Waals surface area contributed by atoms with E-state index < -0.39 is 0 Å². The first kappa shape index (κ1) is 17.8. The molecule has 1 heterocycles. The fourth-order valence-electron chi connectivity index (χ4n) is 2.01. The predicted octanol–water partition coefficient (Wildman–Crippen LogP) is 1.67. The van der Waals surface area contributed by atoms with Crippen LogP contribution in [0.1, 0.15) is 5.56 Å². The molecule has 0 saturated carbocycles. The number of rotatable bonds is 6. The normalized spacial score (nSPS) is 15.1. The van der Waals surface area contributed by atoms with Crippen LogP contribution in [0.3, 0.4) is 0 Å². The molecule has 1 aromatic rings. The van der Waals surface area contributed by atoms with Crippen LogP contribution in [-0.2, 0) is 14.3 Å². The molecular weight excluding hydrogens is 294 g/mol. The van der Waals surface area contributed by atoms with Gasteiger partial charge >= 0.3 is 5.97 Å². The average molecular weight is 316 g/mol. The number of hydrogen-bond donors (Lipinski definition) is 0. The monoisotopic (exact) mass is 315 g/mol. The van der Waals surface area contributed by atoms with Crippen LogP contribution in [-0.4, -0.2) is 56.9 Å². The van der Waals surface area contributed by atoms with Gasteiger partial charge in [0.05, 0.1) is 13.2 Å². The topological polar surface area (TPSA) is 48.0 Å². The SMILES string of the molecule is Cc1ccccc1OCC(=O)OCCN1CCOCC1.Cl. The maximum Gasteiger partial charge on any atom is 0.344 e. The second-order valence-electron chi connectivity index (χ2n) is 4.73. The lowest BCUT2D eigenvalue weighted by Gasteiger charge is -2.26. The first-order chi connectivity index (χ1) is 9.75. The van der Waals surface area contributed by atoms with Crippen LogP contribution in [0.25, 0.3) is 0 Å². The van der Waals surface area contributed by atoms with Crippen molar-refractivity contribution in [3.05, 3.63) is 29.8 Å². The highest BCUT2D eigenvalue weighted by Gasteiger charge is 2.11. The highest BCUT2D eigenvalue weighted by molar-refractivity contribution is 5.85. The van der Waals surface area contributed by atoms with Crippen LogP contribution in [0.5, 0.6) is 5.75 Å². The Labute approximate surface area is 131 Å². The van der Waals surface area contributed by atoms with Crippen molar-refractivity contribution < 1.29 is 19.0 Å².